The molecule has 10 aromatic rings. The van der Waals surface area contributed by atoms with Crippen molar-refractivity contribution < 1.29 is 4.42 Å². The van der Waals surface area contributed by atoms with Gasteiger partial charge in [0.15, 0.2) is 11.9 Å². The number of furan rings is 1. The van der Waals surface area contributed by atoms with Crippen molar-refractivity contribution in [3.8, 4) is 5.69 Å². The summed E-state index contributed by atoms with van der Waals surface area (Å²) in [6.07, 6.45) is 2.04. The third-order valence-corrected chi connectivity index (χ3v) is 10.6. The molecule has 0 spiro atoms. The zero-order valence-corrected chi connectivity index (χ0v) is 27.6. The van der Waals surface area contributed by atoms with Gasteiger partial charge >= 0.3 is 0 Å². The number of aromatic nitrogens is 2. The van der Waals surface area contributed by atoms with E-state index >= 15 is 0 Å². The number of hydrogen-bond acceptors (Lipinski definition) is 3. The SMILES string of the molecule is C1=C(c2ccccc2)NC(n2c3ccccc3c3ccc4c5ccc6c7ccccc7oc6c5n(-c5ccccc5)c4c32)NC1c1ccccc1. The van der Waals surface area contributed by atoms with Crippen molar-refractivity contribution >= 4 is 71.2 Å². The van der Waals surface area contributed by atoms with E-state index in [0.29, 0.717) is 0 Å². The lowest BCUT2D eigenvalue weighted by atomic mass is 10.0. The average molecular weight is 657 g/mol. The molecule has 2 atom stereocenters. The second-order valence-electron chi connectivity index (χ2n) is 13.4. The van der Waals surface area contributed by atoms with Gasteiger partial charge in [-0.25, -0.2) is 0 Å². The summed E-state index contributed by atoms with van der Waals surface area (Å²) in [5.74, 6) is 0. The summed E-state index contributed by atoms with van der Waals surface area (Å²) in [5, 5.41) is 15.0. The Kier molecular flexibility index (Phi) is 6.09. The molecule has 3 aromatic heterocycles. The van der Waals surface area contributed by atoms with Crippen molar-refractivity contribution in [3.05, 3.63) is 181 Å². The molecule has 1 aliphatic rings. The van der Waals surface area contributed by atoms with E-state index in [1.165, 1.54) is 21.7 Å². The third kappa shape index (κ3) is 4.19. The van der Waals surface area contributed by atoms with Crippen molar-refractivity contribution in [1.29, 1.82) is 0 Å². The number of nitrogens with one attached hydrogen (secondary N) is 2. The smallest absolute Gasteiger partial charge is 0.160 e. The van der Waals surface area contributed by atoms with Gasteiger partial charge in [-0.1, -0.05) is 133 Å². The molecule has 2 N–H and O–H groups in total. The van der Waals surface area contributed by atoms with E-state index in [-0.39, 0.29) is 12.3 Å². The van der Waals surface area contributed by atoms with E-state index < -0.39 is 0 Å². The maximum absolute atomic E-state index is 6.74. The Hall–Kier alpha value is -6.56. The van der Waals surface area contributed by atoms with Crippen LogP contribution in [-0.4, -0.2) is 9.13 Å². The molecule has 0 saturated carbocycles. The summed E-state index contributed by atoms with van der Waals surface area (Å²) in [6, 6.07) is 58.3. The summed E-state index contributed by atoms with van der Waals surface area (Å²) in [6.45, 7) is 0. The number of para-hydroxylation sites is 3. The van der Waals surface area contributed by atoms with Crippen LogP contribution < -0.4 is 10.6 Å². The fourth-order valence-electron chi connectivity index (χ4n) is 8.36. The van der Waals surface area contributed by atoms with Crippen molar-refractivity contribution in [2.45, 2.75) is 12.3 Å². The van der Waals surface area contributed by atoms with Gasteiger partial charge in [0.05, 0.1) is 28.1 Å². The van der Waals surface area contributed by atoms with E-state index in [4.69, 9.17) is 4.42 Å². The lowest BCUT2D eigenvalue weighted by Crippen LogP contribution is -2.43. The first-order chi connectivity index (χ1) is 25.3. The summed E-state index contributed by atoms with van der Waals surface area (Å²) >= 11 is 0. The molecule has 51 heavy (non-hydrogen) atoms. The molecule has 5 nitrogen and oxygen atoms in total. The largest absolute Gasteiger partial charge is 0.454 e. The quantitative estimate of drug-likeness (QED) is 0.198. The first-order valence-corrected chi connectivity index (χ1v) is 17.5. The Morgan fingerprint density at radius 2 is 1.10 bits per heavy atom. The normalized spacial score (nSPS) is 16.4. The monoisotopic (exact) mass is 656 g/mol. The maximum atomic E-state index is 6.74. The summed E-state index contributed by atoms with van der Waals surface area (Å²) in [4.78, 5) is 0. The van der Waals surface area contributed by atoms with Gasteiger partial charge in [0.25, 0.3) is 0 Å². The minimum atomic E-state index is -0.267. The van der Waals surface area contributed by atoms with Gasteiger partial charge in [-0.15, -0.1) is 0 Å². The highest BCUT2D eigenvalue weighted by Gasteiger charge is 2.29. The van der Waals surface area contributed by atoms with Gasteiger partial charge in [0, 0.05) is 43.7 Å². The predicted octanol–water partition coefficient (Wildman–Crippen LogP) is 11.2. The molecule has 2 unspecified atom stereocenters. The summed E-state index contributed by atoms with van der Waals surface area (Å²) in [5.41, 5.74) is 10.9. The van der Waals surface area contributed by atoms with Crippen LogP contribution in [-0.2, 0) is 0 Å². The standard InChI is InChI=1S/C46H32N4O/c1-4-14-29(15-5-1)38-28-39(30-16-6-2-7-17-30)48-46(47-38)50-40-22-12-10-20-32(40)34-24-25-35-36-26-27-37-33-21-11-13-23-41(33)51-45(37)44(36)49(42(35)43(34)50)31-18-8-3-9-19-31/h1-28,38,46-48H. The molecule has 0 bridgehead atoms. The van der Waals surface area contributed by atoms with Crippen LogP contribution in [0.5, 0.6) is 0 Å². The first kappa shape index (κ1) is 28.3. The van der Waals surface area contributed by atoms with E-state index in [0.717, 1.165) is 66.3 Å². The lowest BCUT2D eigenvalue weighted by molar-refractivity contribution is 0.351. The molecule has 0 aliphatic carbocycles. The van der Waals surface area contributed by atoms with Gasteiger partial charge in [-0.2, -0.15) is 0 Å². The fraction of sp³-hybridized carbons (Fsp3) is 0.0435. The van der Waals surface area contributed by atoms with Crippen LogP contribution in [0.15, 0.2) is 174 Å². The van der Waals surface area contributed by atoms with E-state index in [1.807, 2.05) is 6.07 Å². The van der Waals surface area contributed by atoms with Gasteiger partial charge in [-0.05, 0) is 47.5 Å². The number of nitrogens with zero attached hydrogens (tertiary/aromatic N) is 2. The van der Waals surface area contributed by atoms with Crippen LogP contribution in [0.25, 0.3) is 76.9 Å². The molecule has 0 saturated heterocycles. The molecule has 11 rings (SSSR count). The highest BCUT2D eigenvalue weighted by molar-refractivity contribution is 6.27. The van der Waals surface area contributed by atoms with E-state index in [1.54, 1.807) is 0 Å². The van der Waals surface area contributed by atoms with Gasteiger partial charge in [0.1, 0.15) is 5.58 Å². The van der Waals surface area contributed by atoms with Crippen LogP contribution in [0.4, 0.5) is 0 Å². The van der Waals surface area contributed by atoms with Gasteiger partial charge < -0.3 is 18.9 Å². The zero-order chi connectivity index (χ0) is 33.5. The number of benzene rings is 7. The van der Waals surface area contributed by atoms with Crippen molar-refractivity contribution in [1.82, 2.24) is 19.8 Å². The Bertz CT molecular complexity index is 2970. The molecular weight excluding hydrogens is 625 g/mol. The summed E-state index contributed by atoms with van der Waals surface area (Å²) in [7, 11) is 0. The predicted molar refractivity (Wildman–Crippen MR) is 210 cm³/mol. The van der Waals surface area contributed by atoms with Gasteiger partial charge in [-0.3, -0.25) is 5.32 Å². The molecule has 0 fully saturated rings. The van der Waals surface area contributed by atoms with Gasteiger partial charge in [0.2, 0.25) is 0 Å². The highest BCUT2D eigenvalue weighted by atomic mass is 16.3. The molecule has 1 aliphatic heterocycles. The van der Waals surface area contributed by atoms with Crippen molar-refractivity contribution in [2.24, 2.45) is 0 Å². The van der Waals surface area contributed by atoms with Crippen LogP contribution >= 0.6 is 0 Å². The summed E-state index contributed by atoms with van der Waals surface area (Å²) < 4.78 is 11.6. The van der Waals surface area contributed by atoms with E-state index in [2.05, 4.69) is 184 Å². The Balaban J connectivity index is 1.27. The highest BCUT2D eigenvalue weighted by Crippen LogP contribution is 2.45. The topological polar surface area (TPSA) is 47.1 Å². The average Bonchev–Trinajstić information content (AvgIpc) is 3.87. The van der Waals surface area contributed by atoms with Crippen LogP contribution in [0.2, 0.25) is 0 Å². The first-order valence-electron chi connectivity index (χ1n) is 17.5. The molecule has 242 valence electrons. The second kappa shape index (κ2) is 11.0. The minimum Gasteiger partial charge on any atom is -0.454 e. The second-order valence-corrected chi connectivity index (χ2v) is 13.4. The fourth-order valence-corrected chi connectivity index (χ4v) is 8.36. The van der Waals surface area contributed by atoms with Crippen LogP contribution in [0.1, 0.15) is 23.5 Å². The zero-order valence-electron chi connectivity index (χ0n) is 27.6. The third-order valence-electron chi connectivity index (χ3n) is 10.6. The molecular formula is C46H32N4O. The van der Waals surface area contributed by atoms with Crippen LogP contribution in [0, 0.1) is 0 Å². The molecule has 0 amide bonds. The number of hydrogen-bond donors (Lipinski definition) is 2. The van der Waals surface area contributed by atoms with Crippen LogP contribution in [0.3, 0.4) is 0 Å². The van der Waals surface area contributed by atoms with Crippen molar-refractivity contribution in [2.75, 3.05) is 0 Å². The maximum Gasteiger partial charge on any atom is 0.160 e. The number of rotatable bonds is 4. The Morgan fingerprint density at radius 1 is 0.490 bits per heavy atom. The minimum absolute atomic E-state index is 0.0155. The lowest BCUT2D eigenvalue weighted by Gasteiger charge is -2.34. The number of fused-ring (bicyclic) bond motifs is 11. The molecule has 0 radical (unpaired) electrons. The molecule has 7 aromatic carbocycles. The molecule has 5 heteroatoms. The van der Waals surface area contributed by atoms with E-state index in [9.17, 15) is 0 Å². The molecule has 4 heterocycles. The Labute approximate surface area is 293 Å². The van der Waals surface area contributed by atoms with Crippen molar-refractivity contribution in [3.63, 3.8) is 0 Å². The Morgan fingerprint density at radius 3 is 1.88 bits per heavy atom.